The largest absolute Gasteiger partial charge is 0.243 e. The van der Waals surface area contributed by atoms with Crippen LogP contribution in [0.5, 0.6) is 0 Å². The fourth-order valence-electron chi connectivity index (χ4n) is 0.991. The Balaban J connectivity index is 2.22. The lowest BCUT2D eigenvalue weighted by Crippen LogP contribution is -1.82. The molecule has 1 aromatic heterocycles. The van der Waals surface area contributed by atoms with E-state index in [2.05, 4.69) is 9.97 Å². The number of hydrogen-bond donors (Lipinski definition) is 0. The van der Waals surface area contributed by atoms with Gasteiger partial charge in [-0.1, -0.05) is 35.0 Å². The summed E-state index contributed by atoms with van der Waals surface area (Å²) in [6.07, 6.45) is 3.05. The van der Waals surface area contributed by atoms with Gasteiger partial charge in [0.05, 0.1) is 11.2 Å². The minimum atomic E-state index is 0.553. The first-order valence-corrected chi connectivity index (χ1v) is 5.72. The molecule has 0 spiro atoms. The molecule has 0 saturated carbocycles. The van der Waals surface area contributed by atoms with Gasteiger partial charge in [0.15, 0.2) is 0 Å². The molecule has 0 N–H and O–H groups in total. The summed E-state index contributed by atoms with van der Waals surface area (Å²) in [4.78, 5) is 8.95. The molecule has 0 radical (unpaired) electrons. The molecule has 0 aliphatic rings. The summed E-state index contributed by atoms with van der Waals surface area (Å²) in [5.41, 5.74) is 0. The highest BCUT2D eigenvalue weighted by molar-refractivity contribution is 7.99. The van der Waals surface area contributed by atoms with Crippen LogP contribution < -0.4 is 0 Å². The second-order valence-corrected chi connectivity index (χ2v) is 4.64. The second-order valence-electron chi connectivity index (χ2n) is 2.73. The maximum absolute atomic E-state index is 5.93. The standard InChI is InChI=1S/C10H6Cl2N2S/c11-7-1-3-8(4-2-7)15-10-9(12)5-13-6-14-10/h1-6H. The van der Waals surface area contributed by atoms with Gasteiger partial charge in [-0.2, -0.15) is 0 Å². The third-order valence-corrected chi connectivity index (χ3v) is 3.33. The quantitative estimate of drug-likeness (QED) is 0.762. The molecular formula is C10H6Cl2N2S. The first-order chi connectivity index (χ1) is 7.25. The Hall–Kier alpha value is -0.770. The lowest BCUT2D eigenvalue weighted by molar-refractivity contribution is 1.05. The van der Waals surface area contributed by atoms with Crippen molar-refractivity contribution in [2.75, 3.05) is 0 Å². The molecule has 5 heteroatoms. The highest BCUT2D eigenvalue weighted by atomic mass is 35.5. The number of halogens is 2. The van der Waals surface area contributed by atoms with Gasteiger partial charge >= 0.3 is 0 Å². The minimum absolute atomic E-state index is 0.553. The van der Waals surface area contributed by atoms with E-state index in [0.717, 1.165) is 9.92 Å². The van der Waals surface area contributed by atoms with Crippen LogP contribution in [-0.2, 0) is 0 Å². The van der Waals surface area contributed by atoms with Crippen LogP contribution in [0.2, 0.25) is 10.0 Å². The molecule has 15 heavy (non-hydrogen) atoms. The molecular weight excluding hydrogens is 251 g/mol. The summed E-state index contributed by atoms with van der Waals surface area (Å²) in [5, 5.41) is 2.01. The van der Waals surface area contributed by atoms with Crippen molar-refractivity contribution < 1.29 is 0 Å². The Morgan fingerprint density at radius 2 is 1.80 bits per heavy atom. The molecule has 2 rings (SSSR count). The van der Waals surface area contributed by atoms with E-state index < -0.39 is 0 Å². The molecule has 0 fully saturated rings. The topological polar surface area (TPSA) is 25.8 Å². The zero-order chi connectivity index (χ0) is 10.7. The van der Waals surface area contributed by atoms with Crippen molar-refractivity contribution in [3.05, 3.63) is 46.8 Å². The number of hydrogen-bond acceptors (Lipinski definition) is 3. The van der Waals surface area contributed by atoms with Crippen LogP contribution in [0.3, 0.4) is 0 Å². The summed E-state index contributed by atoms with van der Waals surface area (Å²) >= 11 is 13.2. The molecule has 0 aliphatic heterocycles. The van der Waals surface area contributed by atoms with Gasteiger partial charge in [-0.3, -0.25) is 0 Å². The highest BCUT2D eigenvalue weighted by Crippen LogP contribution is 2.31. The third-order valence-electron chi connectivity index (χ3n) is 1.66. The van der Waals surface area contributed by atoms with Crippen LogP contribution in [0.4, 0.5) is 0 Å². The van der Waals surface area contributed by atoms with Gasteiger partial charge in [-0.25, -0.2) is 9.97 Å². The lowest BCUT2D eigenvalue weighted by Gasteiger charge is -2.01. The first-order valence-electron chi connectivity index (χ1n) is 4.14. The van der Waals surface area contributed by atoms with E-state index in [1.807, 2.05) is 24.3 Å². The van der Waals surface area contributed by atoms with Gasteiger partial charge in [0, 0.05) is 9.92 Å². The highest BCUT2D eigenvalue weighted by Gasteiger charge is 2.03. The Labute approximate surface area is 102 Å². The van der Waals surface area contributed by atoms with E-state index in [1.54, 1.807) is 6.20 Å². The van der Waals surface area contributed by atoms with Crippen molar-refractivity contribution in [3.63, 3.8) is 0 Å². The Morgan fingerprint density at radius 1 is 1.07 bits per heavy atom. The molecule has 2 nitrogen and oxygen atoms in total. The SMILES string of the molecule is Clc1ccc(Sc2ncncc2Cl)cc1. The number of aromatic nitrogens is 2. The zero-order valence-corrected chi connectivity index (χ0v) is 9.85. The van der Waals surface area contributed by atoms with E-state index in [1.165, 1.54) is 18.1 Å². The Morgan fingerprint density at radius 3 is 2.47 bits per heavy atom. The molecule has 1 heterocycles. The maximum Gasteiger partial charge on any atom is 0.123 e. The molecule has 2 aromatic rings. The van der Waals surface area contributed by atoms with Gasteiger partial charge in [0.25, 0.3) is 0 Å². The fraction of sp³-hybridized carbons (Fsp3) is 0. The summed E-state index contributed by atoms with van der Waals surface area (Å²) < 4.78 is 0. The van der Waals surface area contributed by atoms with Gasteiger partial charge in [0.2, 0.25) is 0 Å². The van der Waals surface area contributed by atoms with Gasteiger partial charge in [-0.15, -0.1) is 0 Å². The smallest absolute Gasteiger partial charge is 0.123 e. The second kappa shape index (κ2) is 4.84. The molecule has 76 valence electrons. The lowest BCUT2D eigenvalue weighted by atomic mass is 10.4. The van der Waals surface area contributed by atoms with Crippen LogP contribution in [0.15, 0.2) is 46.7 Å². The minimum Gasteiger partial charge on any atom is -0.243 e. The van der Waals surface area contributed by atoms with Crippen LogP contribution in [0.25, 0.3) is 0 Å². The number of benzene rings is 1. The van der Waals surface area contributed by atoms with E-state index in [-0.39, 0.29) is 0 Å². The summed E-state index contributed by atoms with van der Waals surface area (Å²) in [5.74, 6) is 0. The molecule has 1 aromatic carbocycles. The summed E-state index contributed by atoms with van der Waals surface area (Å²) in [6, 6.07) is 7.51. The van der Waals surface area contributed by atoms with E-state index >= 15 is 0 Å². The third kappa shape index (κ3) is 2.84. The molecule has 0 atom stereocenters. The van der Waals surface area contributed by atoms with E-state index in [0.29, 0.717) is 10.0 Å². The van der Waals surface area contributed by atoms with Gasteiger partial charge in [-0.05, 0) is 24.3 Å². The molecule has 0 unspecified atom stereocenters. The molecule has 0 saturated heterocycles. The van der Waals surface area contributed by atoms with Gasteiger partial charge < -0.3 is 0 Å². The monoisotopic (exact) mass is 256 g/mol. The van der Waals surface area contributed by atoms with Crippen molar-refractivity contribution in [1.29, 1.82) is 0 Å². The summed E-state index contributed by atoms with van der Waals surface area (Å²) in [6.45, 7) is 0. The molecule has 0 amide bonds. The average molecular weight is 257 g/mol. The van der Waals surface area contributed by atoms with Gasteiger partial charge in [0.1, 0.15) is 11.4 Å². The number of rotatable bonds is 2. The normalized spacial score (nSPS) is 10.3. The van der Waals surface area contributed by atoms with Crippen molar-refractivity contribution in [2.24, 2.45) is 0 Å². The van der Waals surface area contributed by atoms with Crippen LogP contribution in [0.1, 0.15) is 0 Å². The van der Waals surface area contributed by atoms with E-state index in [4.69, 9.17) is 23.2 Å². The fourth-order valence-corrected chi connectivity index (χ4v) is 2.08. The predicted molar refractivity (Wildman–Crippen MR) is 62.6 cm³/mol. The molecule has 0 aliphatic carbocycles. The van der Waals surface area contributed by atoms with Crippen LogP contribution in [-0.4, -0.2) is 9.97 Å². The Kier molecular flexibility index (Phi) is 3.46. The van der Waals surface area contributed by atoms with Crippen molar-refractivity contribution in [1.82, 2.24) is 9.97 Å². The molecule has 0 bridgehead atoms. The Bertz CT molecular complexity index is 459. The number of nitrogens with zero attached hydrogens (tertiary/aromatic N) is 2. The predicted octanol–water partition coefficient (Wildman–Crippen LogP) is 3.93. The summed E-state index contributed by atoms with van der Waals surface area (Å²) in [7, 11) is 0. The first kappa shape index (κ1) is 10.7. The van der Waals surface area contributed by atoms with E-state index in [9.17, 15) is 0 Å². The van der Waals surface area contributed by atoms with Crippen LogP contribution >= 0.6 is 35.0 Å². The van der Waals surface area contributed by atoms with Crippen molar-refractivity contribution in [2.45, 2.75) is 9.92 Å². The maximum atomic E-state index is 5.93. The average Bonchev–Trinajstić information content (AvgIpc) is 2.25. The van der Waals surface area contributed by atoms with Crippen molar-refractivity contribution in [3.8, 4) is 0 Å². The van der Waals surface area contributed by atoms with Crippen molar-refractivity contribution >= 4 is 35.0 Å². The zero-order valence-electron chi connectivity index (χ0n) is 7.52. The van der Waals surface area contributed by atoms with Crippen LogP contribution in [0, 0.1) is 0 Å².